The van der Waals surface area contributed by atoms with Crippen molar-refractivity contribution in [3.8, 4) is 0 Å². The summed E-state index contributed by atoms with van der Waals surface area (Å²) in [6, 6.07) is 5.19. The summed E-state index contributed by atoms with van der Waals surface area (Å²) in [5, 5.41) is 8.85. The number of carbonyl (C=O) groups is 1. The first kappa shape index (κ1) is 14.0. The Kier molecular flexibility index (Phi) is 4.20. The van der Waals surface area contributed by atoms with Gasteiger partial charge < -0.3 is 10.0 Å². The predicted octanol–water partition coefficient (Wildman–Crippen LogP) is 2.33. The van der Waals surface area contributed by atoms with E-state index in [1.807, 2.05) is 19.2 Å². The Hall–Kier alpha value is -1.42. The fourth-order valence-electron chi connectivity index (χ4n) is 2.43. The molecule has 0 aromatic heterocycles. The molecule has 1 N–H and O–H groups in total. The summed E-state index contributed by atoms with van der Waals surface area (Å²) < 4.78 is 13.1. The van der Waals surface area contributed by atoms with Gasteiger partial charge in [0.2, 0.25) is 0 Å². The van der Waals surface area contributed by atoms with Gasteiger partial charge in [-0.15, -0.1) is 0 Å². The zero-order valence-electron chi connectivity index (χ0n) is 11.4. The summed E-state index contributed by atoms with van der Waals surface area (Å²) in [5.41, 5.74) is 1.80. The van der Waals surface area contributed by atoms with Gasteiger partial charge in [0, 0.05) is 13.1 Å². The lowest BCUT2D eigenvalue weighted by Crippen LogP contribution is -2.24. The Morgan fingerprint density at radius 2 is 2.26 bits per heavy atom. The monoisotopic (exact) mass is 265 g/mol. The number of likely N-dealkylation sites (N-methyl/N-ethyl adjacent to an activating group) is 1. The van der Waals surface area contributed by atoms with Gasteiger partial charge in [-0.25, -0.2) is 4.39 Å². The van der Waals surface area contributed by atoms with E-state index < -0.39 is 5.97 Å². The van der Waals surface area contributed by atoms with Gasteiger partial charge in [0.1, 0.15) is 5.82 Å². The Morgan fingerprint density at radius 1 is 1.53 bits per heavy atom. The molecule has 2 unspecified atom stereocenters. The van der Waals surface area contributed by atoms with Gasteiger partial charge in [-0.05, 0) is 49.9 Å². The fourth-order valence-corrected chi connectivity index (χ4v) is 2.43. The lowest BCUT2D eigenvalue weighted by molar-refractivity contribution is -0.138. The number of carboxylic acid groups (broad SMARTS) is 1. The number of nitrogens with zero attached hydrogens (tertiary/aromatic N) is 1. The second kappa shape index (κ2) is 5.70. The van der Waals surface area contributed by atoms with Gasteiger partial charge in [0.15, 0.2) is 0 Å². The second-order valence-corrected chi connectivity index (χ2v) is 5.54. The van der Waals surface area contributed by atoms with E-state index in [2.05, 4.69) is 4.90 Å². The standard InChI is InChI=1S/C15H20FNO2/c1-10-7-11(3-4-14(10)16)5-6-17(2)9-12-8-13(12)15(18)19/h3-4,7,12-13H,5-6,8-9H2,1-2H3,(H,18,19). The molecule has 4 heteroatoms. The van der Waals surface area contributed by atoms with Gasteiger partial charge >= 0.3 is 5.97 Å². The molecule has 1 aromatic rings. The van der Waals surface area contributed by atoms with Crippen LogP contribution in [-0.2, 0) is 11.2 Å². The van der Waals surface area contributed by atoms with Crippen molar-refractivity contribution in [3.05, 3.63) is 35.1 Å². The van der Waals surface area contributed by atoms with Crippen molar-refractivity contribution < 1.29 is 14.3 Å². The first-order valence-corrected chi connectivity index (χ1v) is 6.63. The topological polar surface area (TPSA) is 40.5 Å². The lowest BCUT2D eigenvalue weighted by Gasteiger charge is -2.16. The number of hydrogen-bond donors (Lipinski definition) is 1. The van der Waals surface area contributed by atoms with E-state index in [0.29, 0.717) is 11.5 Å². The molecular formula is C15H20FNO2. The molecule has 1 saturated carbocycles. The number of aryl methyl sites for hydroxylation is 1. The van der Waals surface area contributed by atoms with Crippen LogP contribution in [0.4, 0.5) is 4.39 Å². The zero-order chi connectivity index (χ0) is 14.0. The van der Waals surface area contributed by atoms with Crippen LogP contribution >= 0.6 is 0 Å². The van der Waals surface area contributed by atoms with Crippen molar-refractivity contribution in [1.29, 1.82) is 0 Å². The minimum Gasteiger partial charge on any atom is -0.481 e. The molecule has 0 heterocycles. The van der Waals surface area contributed by atoms with Crippen LogP contribution in [0.3, 0.4) is 0 Å². The quantitative estimate of drug-likeness (QED) is 0.858. The molecule has 104 valence electrons. The smallest absolute Gasteiger partial charge is 0.306 e. The summed E-state index contributed by atoms with van der Waals surface area (Å²) in [4.78, 5) is 12.9. The fraction of sp³-hybridized carbons (Fsp3) is 0.533. The van der Waals surface area contributed by atoms with E-state index in [-0.39, 0.29) is 11.7 Å². The number of rotatable bonds is 6. The van der Waals surface area contributed by atoms with E-state index in [4.69, 9.17) is 5.11 Å². The first-order valence-electron chi connectivity index (χ1n) is 6.63. The molecule has 1 fully saturated rings. The van der Waals surface area contributed by atoms with Gasteiger partial charge in [-0.1, -0.05) is 12.1 Å². The molecule has 2 atom stereocenters. The number of benzene rings is 1. The Morgan fingerprint density at radius 3 is 2.84 bits per heavy atom. The highest BCUT2D eigenvalue weighted by atomic mass is 19.1. The summed E-state index contributed by atoms with van der Waals surface area (Å²) in [6.07, 6.45) is 1.66. The molecule has 0 amide bonds. The summed E-state index contributed by atoms with van der Waals surface area (Å²) in [7, 11) is 2.01. The molecular weight excluding hydrogens is 245 g/mol. The van der Waals surface area contributed by atoms with Crippen LogP contribution in [0.25, 0.3) is 0 Å². The van der Waals surface area contributed by atoms with Crippen LogP contribution in [0.15, 0.2) is 18.2 Å². The predicted molar refractivity (Wildman–Crippen MR) is 71.6 cm³/mol. The third-order valence-electron chi connectivity index (χ3n) is 3.79. The van der Waals surface area contributed by atoms with Crippen molar-refractivity contribution in [2.45, 2.75) is 19.8 Å². The minimum atomic E-state index is -0.674. The van der Waals surface area contributed by atoms with Gasteiger partial charge in [-0.3, -0.25) is 4.79 Å². The molecule has 19 heavy (non-hydrogen) atoms. The highest BCUT2D eigenvalue weighted by molar-refractivity contribution is 5.73. The first-order chi connectivity index (χ1) is 8.97. The number of carboxylic acids is 1. The average molecular weight is 265 g/mol. The van der Waals surface area contributed by atoms with Crippen LogP contribution < -0.4 is 0 Å². The number of hydrogen-bond acceptors (Lipinski definition) is 2. The van der Waals surface area contributed by atoms with E-state index in [0.717, 1.165) is 31.5 Å². The number of halogens is 1. The molecule has 0 bridgehead atoms. The van der Waals surface area contributed by atoms with Crippen LogP contribution in [0.1, 0.15) is 17.5 Å². The van der Waals surface area contributed by atoms with Crippen molar-refractivity contribution in [2.24, 2.45) is 11.8 Å². The third-order valence-corrected chi connectivity index (χ3v) is 3.79. The van der Waals surface area contributed by atoms with E-state index in [9.17, 15) is 9.18 Å². The van der Waals surface area contributed by atoms with Crippen LogP contribution in [0.5, 0.6) is 0 Å². The maximum atomic E-state index is 13.1. The molecule has 0 spiro atoms. The molecule has 1 aliphatic rings. The number of aliphatic carboxylic acids is 1. The van der Waals surface area contributed by atoms with Crippen molar-refractivity contribution in [1.82, 2.24) is 4.90 Å². The third kappa shape index (κ3) is 3.77. The summed E-state index contributed by atoms with van der Waals surface area (Å²) in [5.74, 6) is -0.681. The van der Waals surface area contributed by atoms with E-state index in [1.165, 1.54) is 6.07 Å². The maximum absolute atomic E-state index is 13.1. The molecule has 0 saturated heterocycles. The van der Waals surface area contributed by atoms with Gasteiger partial charge in [0.25, 0.3) is 0 Å². The lowest BCUT2D eigenvalue weighted by atomic mass is 10.1. The highest BCUT2D eigenvalue weighted by Gasteiger charge is 2.43. The molecule has 2 rings (SSSR count). The largest absolute Gasteiger partial charge is 0.481 e. The molecule has 1 aliphatic carbocycles. The summed E-state index contributed by atoms with van der Waals surface area (Å²) in [6.45, 7) is 3.47. The van der Waals surface area contributed by atoms with E-state index in [1.54, 1.807) is 6.92 Å². The van der Waals surface area contributed by atoms with Crippen molar-refractivity contribution in [2.75, 3.05) is 20.1 Å². The zero-order valence-corrected chi connectivity index (χ0v) is 11.4. The van der Waals surface area contributed by atoms with Crippen LogP contribution in [0, 0.1) is 24.6 Å². The van der Waals surface area contributed by atoms with Crippen molar-refractivity contribution >= 4 is 5.97 Å². The molecule has 0 radical (unpaired) electrons. The molecule has 0 aliphatic heterocycles. The maximum Gasteiger partial charge on any atom is 0.306 e. The Balaban J connectivity index is 1.76. The van der Waals surface area contributed by atoms with Gasteiger partial charge in [0.05, 0.1) is 5.92 Å². The SMILES string of the molecule is Cc1cc(CCN(C)CC2CC2C(=O)O)ccc1F. The Labute approximate surface area is 113 Å². The van der Waals surface area contributed by atoms with Crippen LogP contribution in [-0.4, -0.2) is 36.1 Å². The summed E-state index contributed by atoms with van der Waals surface area (Å²) >= 11 is 0. The second-order valence-electron chi connectivity index (χ2n) is 5.54. The molecule has 3 nitrogen and oxygen atoms in total. The molecule has 1 aromatic carbocycles. The van der Waals surface area contributed by atoms with Gasteiger partial charge in [-0.2, -0.15) is 0 Å². The van der Waals surface area contributed by atoms with Crippen molar-refractivity contribution in [3.63, 3.8) is 0 Å². The average Bonchev–Trinajstić information content (AvgIpc) is 3.10. The van der Waals surface area contributed by atoms with Crippen LogP contribution in [0.2, 0.25) is 0 Å². The minimum absolute atomic E-state index is 0.143. The van der Waals surface area contributed by atoms with E-state index >= 15 is 0 Å². The highest BCUT2D eigenvalue weighted by Crippen LogP contribution is 2.38. The Bertz CT molecular complexity index is 475. The normalized spacial score (nSPS) is 21.7.